The molecule has 0 fully saturated rings. The lowest BCUT2D eigenvalue weighted by molar-refractivity contribution is 0.308. The van der Waals surface area contributed by atoms with E-state index in [9.17, 15) is 0 Å². The van der Waals surface area contributed by atoms with Crippen molar-refractivity contribution < 1.29 is 0 Å². The summed E-state index contributed by atoms with van der Waals surface area (Å²) in [5.74, 6) is 1.98. The van der Waals surface area contributed by atoms with Crippen molar-refractivity contribution in [3.05, 3.63) is 29.3 Å². The maximum Gasteiger partial charge on any atom is 0.0110 e. The fourth-order valence-corrected chi connectivity index (χ4v) is 3.92. The Hall–Kier alpha value is -0.430. The third-order valence-corrected chi connectivity index (χ3v) is 5.07. The molecule has 0 saturated heterocycles. The summed E-state index contributed by atoms with van der Waals surface area (Å²) in [5.41, 5.74) is 3.67. The summed E-state index contributed by atoms with van der Waals surface area (Å²) in [6, 6.07) is 7.15. The Morgan fingerprint density at radius 3 is 2.28 bits per heavy atom. The Morgan fingerprint density at radius 1 is 1.06 bits per heavy atom. The molecule has 100 valence electrons. The molecule has 0 saturated carbocycles. The van der Waals surface area contributed by atoms with Gasteiger partial charge in [-0.25, -0.2) is 0 Å². The summed E-state index contributed by atoms with van der Waals surface area (Å²) in [6.07, 6.45) is 1.32. The summed E-state index contributed by atoms with van der Waals surface area (Å²) in [5, 5.41) is 0. The molecule has 1 atom stereocenters. The number of thioether (sulfide) groups is 1. The first kappa shape index (κ1) is 14.0. The first-order valence-electron chi connectivity index (χ1n) is 6.97. The molecule has 1 aromatic rings. The molecule has 0 nitrogen and oxygen atoms in total. The van der Waals surface area contributed by atoms with Gasteiger partial charge in [0.25, 0.3) is 0 Å². The van der Waals surface area contributed by atoms with Crippen LogP contribution in [0.5, 0.6) is 0 Å². The van der Waals surface area contributed by atoms with Crippen molar-refractivity contribution in [2.75, 3.05) is 5.75 Å². The smallest absolute Gasteiger partial charge is 0.0110 e. The molecule has 1 heteroatoms. The van der Waals surface area contributed by atoms with Crippen molar-refractivity contribution in [2.45, 2.75) is 64.2 Å². The Kier molecular flexibility index (Phi) is 3.57. The van der Waals surface area contributed by atoms with Crippen LogP contribution < -0.4 is 0 Å². The molecule has 0 bridgehead atoms. The zero-order valence-electron chi connectivity index (χ0n) is 12.6. The second-order valence-corrected chi connectivity index (χ2v) is 8.70. The van der Waals surface area contributed by atoms with Gasteiger partial charge in [-0.1, -0.05) is 53.7 Å². The van der Waals surface area contributed by atoms with Crippen LogP contribution in [0.15, 0.2) is 23.1 Å². The van der Waals surface area contributed by atoms with E-state index >= 15 is 0 Å². The van der Waals surface area contributed by atoms with Gasteiger partial charge in [-0.2, -0.15) is 0 Å². The highest BCUT2D eigenvalue weighted by molar-refractivity contribution is 7.99. The van der Waals surface area contributed by atoms with Gasteiger partial charge >= 0.3 is 0 Å². The summed E-state index contributed by atoms with van der Waals surface area (Å²) < 4.78 is 0. The molecule has 2 rings (SSSR count). The fourth-order valence-electron chi connectivity index (χ4n) is 2.76. The molecule has 0 spiro atoms. The Labute approximate surface area is 117 Å². The highest BCUT2D eigenvalue weighted by Crippen LogP contribution is 2.47. The molecule has 0 amide bonds. The molecule has 0 aromatic heterocycles. The average Bonchev–Trinajstić information content (AvgIpc) is 2.25. The van der Waals surface area contributed by atoms with E-state index in [-0.39, 0.29) is 5.41 Å². The lowest BCUT2D eigenvalue weighted by atomic mass is 9.74. The van der Waals surface area contributed by atoms with Crippen LogP contribution in [0.3, 0.4) is 0 Å². The zero-order chi connectivity index (χ0) is 13.6. The van der Waals surface area contributed by atoms with Crippen LogP contribution >= 0.6 is 11.8 Å². The molecular weight excluding hydrogens is 236 g/mol. The third-order valence-electron chi connectivity index (χ3n) is 3.96. The molecule has 1 heterocycles. The maximum absolute atomic E-state index is 2.43. The number of hydrogen-bond acceptors (Lipinski definition) is 1. The van der Waals surface area contributed by atoms with Crippen LogP contribution in [0, 0.1) is 5.41 Å². The normalized spacial score (nSPS) is 20.7. The first-order chi connectivity index (χ1) is 8.19. The largest absolute Gasteiger partial charge is 0.126 e. The molecule has 1 aromatic carbocycles. The molecule has 1 aliphatic heterocycles. The van der Waals surface area contributed by atoms with Gasteiger partial charge in [0.05, 0.1) is 0 Å². The minimum absolute atomic E-state index is 0.254. The topological polar surface area (TPSA) is 0 Å². The fraction of sp³-hybridized carbons (Fsp3) is 0.647. The predicted molar refractivity (Wildman–Crippen MR) is 82.7 cm³/mol. The Morgan fingerprint density at radius 2 is 1.72 bits per heavy atom. The van der Waals surface area contributed by atoms with Crippen molar-refractivity contribution in [1.29, 1.82) is 0 Å². The minimum Gasteiger partial charge on any atom is -0.126 e. The predicted octanol–water partition coefficient (Wildman–Crippen LogP) is 5.61. The van der Waals surface area contributed by atoms with Gasteiger partial charge in [0.2, 0.25) is 0 Å². The van der Waals surface area contributed by atoms with Crippen molar-refractivity contribution in [2.24, 2.45) is 5.41 Å². The van der Waals surface area contributed by atoms with E-state index in [0.29, 0.717) is 11.3 Å². The summed E-state index contributed by atoms with van der Waals surface area (Å²) in [6.45, 7) is 14.0. The highest BCUT2D eigenvalue weighted by Gasteiger charge is 2.31. The molecule has 0 aliphatic carbocycles. The first-order valence-corrected chi connectivity index (χ1v) is 7.95. The molecule has 0 radical (unpaired) electrons. The van der Waals surface area contributed by atoms with Crippen molar-refractivity contribution >= 4 is 11.8 Å². The number of hydrogen-bond donors (Lipinski definition) is 0. The van der Waals surface area contributed by atoms with Crippen molar-refractivity contribution in [1.82, 2.24) is 0 Å². The summed E-state index contributed by atoms with van der Waals surface area (Å²) in [7, 11) is 0. The second kappa shape index (κ2) is 4.59. The summed E-state index contributed by atoms with van der Waals surface area (Å²) in [4.78, 5) is 1.52. The number of benzene rings is 1. The molecule has 1 aliphatic rings. The average molecular weight is 262 g/mol. The van der Waals surface area contributed by atoms with Gasteiger partial charge in [0.1, 0.15) is 0 Å². The Balaban J connectivity index is 2.43. The van der Waals surface area contributed by atoms with Gasteiger partial charge in [-0.15, -0.1) is 11.8 Å². The second-order valence-electron chi connectivity index (χ2n) is 7.56. The van der Waals surface area contributed by atoms with E-state index in [1.54, 1.807) is 5.56 Å². The molecule has 18 heavy (non-hydrogen) atoms. The maximum atomic E-state index is 2.43. The van der Waals surface area contributed by atoms with Gasteiger partial charge in [0, 0.05) is 4.90 Å². The third kappa shape index (κ3) is 2.77. The Bertz CT molecular complexity index is 432. The summed E-state index contributed by atoms with van der Waals surface area (Å²) >= 11 is 2.04. The zero-order valence-corrected chi connectivity index (χ0v) is 13.4. The van der Waals surface area contributed by atoms with E-state index in [1.165, 1.54) is 22.6 Å². The van der Waals surface area contributed by atoms with Crippen molar-refractivity contribution in [3.8, 4) is 0 Å². The molecule has 0 N–H and O–H groups in total. The van der Waals surface area contributed by atoms with E-state index in [0.717, 1.165) is 0 Å². The lowest BCUT2D eigenvalue weighted by Gasteiger charge is -2.36. The van der Waals surface area contributed by atoms with Crippen LogP contribution in [0.2, 0.25) is 0 Å². The van der Waals surface area contributed by atoms with E-state index in [1.807, 2.05) is 11.8 Å². The van der Waals surface area contributed by atoms with E-state index < -0.39 is 0 Å². The van der Waals surface area contributed by atoms with Crippen LogP contribution in [-0.2, 0) is 5.41 Å². The highest BCUT2D eigenvalue weighted by atomic mass is 32.2. The number of rotatable bonds is 0. The SMILES string of the molecule is CC(C)(C)c1ccc2c(c1)SCCC2C(C)(C)C. The van der Waals surface area contributed by atoms with Gasteiger partial charge < -0.3 is 0 Å². The standard InChI is InChI=1S/C17H26S/c1-16(2,3)12-7-8-13-14(17(4,5)6)9-10-18-15(13)11-12/h7-8,11,14H,9-10H2,1-6H3. The van der Waals surface area contributed by atoms with Gasteiger partial charge in [-0.05, 0) is 46.1 Å². The number of fused-ring (bicyclic) bond motifs is 1. The van der Waals surface area contributed by atoms with Crippen LogP contribution in [0.1, 0.15) is 65.0 Å². The van der Waals surface area contributed by atoms with Crippen LogP contribution in [0.4, 0.5) is 0 Å². The van der Waals surface area contributed by atoms with Gasteiger partial charge in [0.15, 0.2) is 0 Å². The van der Waals surface area contributed by atoms with Gasteiger partial charge in [-0.3, -0.25) is 0 Å². The van der Waals surface area contributed by atoms with Crippen molar-refractivity contribution in [3.63, 3.8) is 0 Å². The van der Waals surface area contributed by atoms with E-state index in [2.05, 4.69) is 59.7 Å². The lowest BCUT2D eigenvalue weighted by Crippen LogP contribution is -2.23. The van der Waals surface area contributed by atoms with Crippen LogP contribution in [-0.4, -0.2) is 5.75 Å². The minimum atomic E-state index is 0.254. The molecular formula is C17H26S. The van der Waals surface area contributed by atoms with E-state index in [4.69, 9.17) is 0 Å². The quantitative estimate of drug-likeness (QED) is 0.585. The molecule has 1 unspecified atom stereocenters. The van der Waals surface area contributed by atoms with Crippen LogP contribution in [0.25, 0.3) is 0 Å². The monoisotopic (exact) mass is 262 g/mol.